The molecule has 0 aromatic heterocycles. The maximum absolute atomic E-state index is 13.4. The number of sulfonamides is 1. The van der Waals surface area contributed by atoms with Gasteiger partial charge >= 0.3 is 0 Å². The molecule has 0 aliphatic rings. The number of ether oxygens (including phenoxy) is 3. The van der Waals surface area contributed by atoms with E-state index in [9.17, 15) is 12.8 Å². The van der Waals surface area contributed by atoms with E-state index in [1.165, 1.54) is 27.4 Å². The number of nitrogens with one attached hydrogen (secondary N) is 1. The Balaban J connectivity index is 2.27. The predicted octanol–water partition coefficient (Wildman–Crippen LogP) is 2.33. The van der Waals surface area contributed by atoms with Crippen molar-refractivity contribution in [2.45, 2.75) is 11.4 Å². The monoisotopic (exact) mass is 355 g/mol. The number of methoxy groups -OCH3 is 3. The van der Waals surface area contributed by atoms with E-state index >= 15 is 0 Å². The number of rotatable bonds is 7. The van der Waals surface area contributed by atoms with Crippen LogP contribution in [0.15, 0.2) is 41.3 Å². The van der Waals surface area contributed by atoms with Gasteiger partial charge in [-0.25, -0.2) is 17.5 Å². The molecule has 0 amide bonds. The average molecular weight is 355 g/mol. The van der Waals surface area contributed by atoms with E-state index in [1.807, 2.05) is 0 Å². The van der Waals surface area contributed by atoms with Gasteiger partial charge in [-0.2, -0.15) is 0 Å². The van der Waals surface area contributed by atoms with Crippen molar-refractivity contribution in [1.82, 2.24) is 4.72 Å². The molecule has 0 heterocycles. The summed E-state index contributed by atoms with van der Waals surface area (Å²) in [6.45, 7) is -0.0326. The van der Waals surface area contributed by atoms with Gasteiger partial charge in [0.1, 0.15) is 28.0 Å². The predicted molar refractivity (Wildman–Crippen MR) is 86.5 cm³/mol. The minimum atomic E-state index is -3.97. The summed E-state index contributed by atoms with van der Waals surface area (Å²) in [5.41, 5.74) is 0.609. The summed E-state index contributed by atoms with van der Waals surface area (Å²) < 4.78 is 56.0. The standard InChI is InChI=1S/C16H18FNO5S/c1-21-13-6-4-11(15(9-13)23-3)10-18-24(19,20)16-8-12(17)5-7-14(16)22-2/h4-9,18H,10H2,1-3H3. The smallest absolute Gasteiger partial charge is 0.244 e. The molecule has 1 N–H and O–H groups in total. The molecule has 0 aliphatic heterocycles. The van der Waals surface area contributed by atoms with Gasteiger partial charge in [0.25, 0.3) is 0 Å². The normalized spacial score (nSPS) is 11.2. The Labute approximate surface area is 140 Å². The second-order valence-corrected chi connectivity index (χ2v) is 6.53. The number of hydrogen-bond acceptors (Lipinski definition) is 5. The van der Waals surface area contributed by atoms with Crippen LogP contribution in [0.4, 0.5) is 4.39 Å². The molecular formula is C16H18FNO5S. The molecule has 6 nitrogen and oxygen atoms in total. The van der Waals surface area contributed by atoms with Crippen molar-refractivity contribution < 1.29 is 27.0 Å². The maximum Gasteiger partial charge on any atom is 0.244 e. The topological polar surface area (TPSA) is 73.9 Å². The second-order valence-electron chi connectivity index (χ2n) is 4.80. The van der Waals surface area contributed by atoms with E-state index in [1.54, 1.807) is 18.2 Å². The summed E-state index contributed by atoms with van der Waals surface area (Å²) in [5, 5.41) is 0. The van der Waals surface area contributed by atoms with E-state index in [0.717, 1.165) is 12.1 Å². The molecule has 0 unspecified atom stereocenters. The molecule has 2 aromatic carbocycles. The molecule has 2 rings (SSSR count). The SMILES string of the molecule is COc1ccc(CNS(=O)(=O)c2cc(F)ccc2OC)c(OC)c1. The summed E-state index contributed by atoms with van der Waals surface area (Å²) >= 11 is 0. The first-order valence-electron chi connectivity index (χ1n) is 6.95. The Hall–Kier alpha value is -2.32. The van der Waals surface area contributed by atoms with Gasteiger partial charge in [0, 0.05) is 18.2 Å². The highest BCUT2D eigenvalue weighted by Crippen LogP contribution is 2.27. The minimum absolute atomic E-state index is 0.0326. The van der Waals surface area contributed by atoms with Crippen molar-refractivity contribution in [3.8, 4) is 17.2 Å². The zero-order valence-electron chi connectivity index (χ0n) is 13.5. The van der Waals surface area contributed by atoms with Crippen LogP contribution in [0.25, 0.3) is 0 Å². The molecule has 0 saturated carbocycles. The fraction of sp³-hybridized carbons (Fsp3) is 0.250. The average Bonchev–Trinajstić information content (AvgIpc) is 2.59. The minimum Gasteiger partial charge on any atom is -0.497 e. The first kappa shape index (κ1) is 18.0. The lowest BCUT2D eigenvalue weighted by Gasteiger charge is -2.13. The van der Waals surface area contributed by atoms with Crippen LogP contribution < -0.4 is 18.9 Å². The number of halogens is 1. The second kappa shape index (κ2) is 7.50. The van der Waals surface area contributed by atoms with E-state index in [-0.39, 0.29) is 17.2 Å². The van der Waals surface area contributed by atoms with Gasteiger partial charge in [0.05, 0.1) is 21.3 Å². The molecule has 8 heteroatoms. The molecule has 0 saturated heterocycles. The van der Waals surface area contributed by atoms with Crippen LogP contribution in [0.3, 0.4) is 0 Å². The van der Waals surface area contributed by atoms with Gasteiger partial charge in [-0.1, -0.05) is 6.07 Å². The number of benzene rings is 2. The van der Waals surface area contributed by atoms with Crippen LogP contribution in [0.1, 0.15) is 5.56 Å². The van der Waals surface area contributed by atoms with Crippen molar-refractivity contribution in [2.75, 3.05) is 21.3 Å². The Morgan fingerprint density at radius 2 is 1.67 bits per heavy atom. The maximum atomic E-state index is 13.4. The first-order valence-corrected chi connectivity index (χ1v) is 8.43. The molecule has 24 heavy (non-hydrogen) atoms. The molecule has 0 fully saturated rings. The highest BCUT2D eigenvalue weighted by atomic mass is 32.2. The molecule has 0 radical (unpaired) electrons. The van der Waals surface area contributed by atoms with Crippen LogP contribution in [0, 0.1) is 5.82 Å². The van der Waals surface area contributed by atoms with Gasteiger partial charge in [0.15, 0.2) is 0 Å². The third-order valence-corrected chi connectivity index (χ3v) is 4.78. The zero-order valence-corrected chi connectivity index (χ0v) is 14.3. The van der Waals surface area contributed by atoms with Crippen LogP contribution >= 0.6 is 0 Å². The van der Waals surface area contributed by atoms with Crippen molar-refractivity contribution in [3.63, 3.8) is 0 Å². The van der Waals surface area contributed by atoms with Gasteiger partial charge in [-0.05, 0) is 24.3 Å². The summed E-state index contributed by atoms with van der Waals surface area (Å²) in [6, 6.07) is 8.32. The number of hydrogen-bond donors (Lipinski definition) is 1. The van der Waals surface area contributed by atoms with Gasteiger partial charge < -0.3 is 14.2 Å². The summed E-state index contributed by atoms with van der Waals surface area (Å²) in [4.78, 5) is -0.266. The van der Waals surface area contributed by atoms with Crippen LogP contribution in [-0.4, -0.2) is 29.7 Å². The highest BCUT2D eigenvalue weighted by molar-refractivity contribution is 7.89. The highest BCUT2D eigenvalue weighted by Gasteiger charge is 2.21. The van der Waals surface area contributed by atoms with Gasteiger partial charge in [-0.3, -0.25) is 0 Å². The molecule has 0 aliphatic carbocycles. The van der Waals surface area contributed by atoms with Crippen molar-refractivity contribution >= 4 is 10.0 Å². The van der Waals surface area contributed by atoms with Gasteiger partial charge in [0.2, 0.25) is 10.0 Å². The third-order valence-electron chi connectivity index (χ3n) is 3.36. The van der Waals surface area contributed by atoms with Crippen molar-refractivity contribution in [2.24, 2.45) is 0 Å². The largest absolute Gasteiger partial charge is 0.497 e. The Morgan fingerprint density at radius 1 is 0.958 bits per heavy atom. The third kappa shape index (κ3) is 3.95. The molecule has 0 spiro atoms. The first-order chi connectivity index (χ1) is 11.4. The quantitative estimate of drug-likeness (QED) is 0.825. The Kier molecular flexibility index (Phi) is 5.63. The Bertz CT molecular complexity index is 823. The molecular weight excluding hydrogens is 337 g/mol. The molecule has 130 valence electrons. The van der Waals surface area contributed by atoms with Crippen LogP contribution in [0.5, 0.6) is 17.2 Å². The fourth-order valence-electron chi connectivity index (χ4n) is 2.11. The fourth-order valence-corrected chi connectivity index (χ4v) is 3.29. The molecule has 2 aromatic rings. The van der Waals surface area contributed by atoms with Gasteiger partial charge in [-0.15, -0.1) is 0 Å². The van der Waals surface area contributed by atoms with Crippen molar-refractivity contribution in [3.05, 3.63) is 47.8 Å². The van der Waals surface area contributed by atoms with Crippen LogP contribution in [-0.2, 0) is 16.6 Å². The lowest BCUT2D eigenvalue weighted by atomic mass is 10.2. The molecule has 0 bridgehead atoms. The van der Waals surface area contributed by atoms with E-state index in [4.69, 9.17) is 14.2 Å². The van der Waals surface area contributed by atoms with E-state index in [0.29, 0.717) is 17.1 Å². The summed E-state index contributed by atoms with van der Waals surface area (Å²) in [6.07, 6.45) is 0. The van der Waals surface area contributed by atoms with E-state index < -0.39 is 15.8 Å². The Morgan fingerprint density at radius 3 is 2.29 bits per heavy atom. The zero-order chi connectivity index (χ0) is 17.7. The van der Waals surface area contributed by atoms with Crippen molar-refractivity contribution in [1.29, 1.82) is 0 Å². The molecule has 0 atom stereocenters. The lowest BCUT2D eigenvalue weighted by molar-refractivity contribution is 0.390. The van der Waals surface area contributed by atoms with Crippen LogP contribution in [0.2, 0.25) is 0 Å². The summed E-state index contributed by atoms with van der Waals surface area (Å²) in [7, 11) is 0.348. The lowest BCUT2D eigenvalue weighted by Crippen LogP contribution is -2.24. The van der Waals surface area contributed by atoms with E-state index in [2.05, 4.69) is 4.72 Å². The summed E-state index contributed by atoms with van der Waals surface area (Å²) in [5.74, 6) is 0.456.